The van der Waals surface area contributed by atoms with Crippen LogP contribution in [-0.4, -0.2) is 31.8 Å². The molecule has 3 aromatic carbocycles. The van der Waals surface area contributed by atoms with Crippen molar-refractivity contribution in [1.29, 1.82) is 0 Å². The van der Waals surface area contributed by atoms with Gasteiger partial charge in [0.15, 0.2) is 16.3 Å². The Morgan fingerprint density at radius 3 is 2.40 bits per heavy atom. The van der Waals surface area contributed by atoms with Crippen LogP contribution in [0, 0.1) is 3.57 Å². The molecule has 0 saturated heterocycles. The van der Waals surface area contributed by atoms with Crippen LogP contribution in [-0.2, 0) is 4.79 Å². The second-order valence-corrected chi connectivity index (χ2v) is 11.1. The summed E-state index contributed by atoms with van der Waals surface area (Å²) in [5.41, 5.74) is 2.90. The van der Waals surface area contributed by atoms with Crippen molar-refractivity contribution in [2.45, 2.75) is 13.0 Å². The first-order valence-electron chi connectivity index (χ1n) is 12.3. The van der Waals surface area contributed by atoms with Gasteiger partial charge in [0, 0.05) is 5.69 Å². The van der Waals surface area contributed by atoms with Crippen LogP contribution in [0.2, 0.25) is 0 Å². The van der Waals surface area contributed by atoms with Crippen LogP contribution >= 0.6 is 33.9 Å². The van der Waals surface area contributed by atoms with Gasteiger partial charge in [-0.25, -0.2) is 4.99 Å². The Hall–Kier alpha value is -3.90. The third kappa shape index (κ3) is 5.28. The van der Waals surface area contributed by atoms with Crippen LogP contribution in [0.4, 0.5) is 5.69 Å². The molecule has 1 N–H and O–H groups in total. The van der Waals surface area contributed by atoms with Crippen molar-refractivity contribution in [2.24, 2.45) is 4.99 Å². The van der Waals surface area contributed by atoms with Crippen molar-refractivity contribution >= 4 is 51.6 Å². The van der Waals surface area contributed by atoms with Crippen molar-refractivity contribution in [2.75, 3.05) is 26.6 Å². The number of para-hydroxylation sites is 1. The van der Waals surface area contributed by atoms with Crippen LogP contribution in [0.15, 0.2) is 87.8 Å². The number of nitrogens with one attached hydrogen (secondary N) is 1. The molecular formula is C30H26IN3O5S. The number of anilines is 1. The summed E-state index contributed by atoms with van der Waals surface area (Å²) in [5.74, 6) is 1.55. The number of thiazole rings is 1. The van der Waals surface area contributed by atoms with Gasteiger partial charge in [0.2, 0.25) is 0 Å². The third-order valence-corrected chi connectivity index (χ3v) is 8.27. The number of methoxy groups -OCH3 is 3. The maximum absolute atomic E-state index is 14.0. The predicted molar refractivity (Wildman–Crippen MR) is 164 cm³/mol. The van der Waals surface area contributed by atoms with Crippen molar-refractivity contribution in [3.63, 3.8) is 0 Å². The van der Waals surface area contributed by atoms with E-state index in [4.69, 9.17) is 19.2 Å². The van der Waals surface area contributed by atoms with Crippen molar-refractivity contribution in [3.8, 4) is 17.2 Å². The number of rotatable bonds is 7. The third-order valence-electron chi connectivity index (χ3n) is 6.48. The van der Waals surface area contributed by atoms with Crippen LogP contribution in [0.25, 0.3) is 6.08 Å². The number of carbonyl (C=O) groups excluding carboxylic acids is 1. The first-order valence-corrected chi connectivity index (χ1v) is 14.2. The lowest BCUT2D eigenvalue weighted by atomic mass is 9.95. The highest BCUT2D eigenvalue weighted by Crippen LogP contribution is 2.34. The second-order valence-electron chi connectivity index (χ2n) is 8.91. The second kappa shape index (κ2) is 11.7. The minimum Gasteiger partial charge on any atom is -0.497 e. The van der Waals surface area contributed by atoms with E-state index in [-0.39, 0.29) is 11.5 Å². The number of aromatic nitrogens is 1. The zero-order chi connectivity index (χ0) is 28.4. The summed E-state index contributed by atoms with van der Waals surface area (Å²) in [5, 5.41) is 2.96. The van der Waals surface area contributed by atoms with Gasteiger partial charge in [0.25, 0.3) is 11.5 Å². The molecule has 1 atom stereocenters. The van der Waals surface area contributed by atoms with Crippen molar-refractivity contribution in [3.05, 3.63) is 112 Å². The highest BCUT2D eigenvalue weighted by Gasteiger charge is 2.32. The Balaban J connectivity index is 1.67. The molecule has 40 heavy (non-hydrogen) atoms. The fourth-order valence-corrected chi connectivity index (χ4v) is 6.50. The molecule has 0 aliphatic carbocycles. The first kappa shape index (κ1) is 27.7. The van der Waals surface area contributed by atoms with Crippen LogP contribution in [0.5, 0.6) is 17.2 Å². The largest absolute Gasteiger partial charge is 0.497 e. The summed E-state index contributed by atoms with van der Waals surface area (Å²) >= 11 is 3.45. The summed E-state index contributed by atoms with van der Waals surface area (Å²) in [7, 11) is 4.76. The molecule has 5 rings (SSSR count). The zero-order valence-electron chi connectivity index (χ0n) is 22.2. The van der Waals surface area contributed by atoms with E-state index in [1.54, 1.807) is 32.8 Å². The van der Waals surface area contributed by atoms with E-state index in [0.29, 0.717) is 43.5 Å². The SMILES string of the molecule is COc1ccc([C@H]2C(C(=O)Nc3ccccc3)=C(C)N=c3s/c(=C/c4cc(I)c(OC)c(OC)c4)c(=O)n32)cc1. The number of hydrogen-bond donors (Lipinski definition) is 1. The van der Waals surface area contributed by atoms with Crippen LogP contribution in [0.3, 0.4) is 0 Å². The molecule has 2 heterocycles. The summed E-state index contributed by atoms with van der Waals surface area (Å²) in [4.78, 5) is 32.9. The smallest absolute Gasteiger partial charge is 0.271 e. The standard InChI is InChI=1S/C30H26IN3O5S/c1-17-25(28(35)33-20-8-6-5-7-9-20)26(19-10-12-21(37-2)13-11-19)34-29(36)24(40-30(34)32-17)16-18-14-22(31)27(39-4)23(15-18)38-3/h5-16,26H,1-4H3,(H,33,35)/b24-16+/t26-/m0/s1. The van der Waals surface area contributed by atoms with Gasteiger partial charge in [-0.3, -0.25) is 14.2 Å². The summed E-state index contributed by atoms with van der Waals surface area (Å²) in [6.07, 6.45) is 1.81. The molecule has 0 fully saturated rings. The van der Waals surface area contributed by atoms with Crippen LogP contribution in [0.1, 0.15) is 24.1 Å². The van der Waals surface area contributed by atoms with Crippen molar-refractivity contribution in [1.82, 2.24) is 4.57 Å². The minimum absolute atomic E-state index is 0.244. The fraction of sp³-hybridized carbons (Fsp3) is 0.167. The molecule has 0 radical (unpaired) electrons. The molecule has 1 amide bonds. The van der Waals surface area contributed by atoms with Gasteiger partial charge in [0.1, 0.15) is 5.75 Å². The van der Waals surface area contributed by atoms with E-state index in [2.05, 4.69) is 27.9 Å². The number of allylic oxidation sites excluding steroid dienone is 1. The molecule has 8 nitrogen and oxygen atoms in total. The molecular weight excluding hydrogens is 641 g/mol. The molecule has 1 aromatic heterocycles. The number of nitrogens with zero attached hydrogens (tertiary/aromatic N) is 2. The number of hydrogen-bond acceptors (Lipinski definition) is 7. The maximum Gasteiger partial charge on any atom is 0.271 e. The number of fused-ring (bicyclic) bond motifs is 1. The van der Waals surface area contributed by atoms with Gasteiger partial charge >= 0.3 is 0 Å². The number of halogens is 1. The highest BCUT2D eigenvalue weighted by molar-refractivity contribution is 14.1. The maximum atomic E-state index is 14.0. The lowest BCUT2D eigenvalue weighted by Crippen LogP contribution is -2.40. The molecule has 4 aromatic rings. The summed E-state index contributed by atoms with van der Waals surface area (Å²) in [6.45, 7) is 1.80. The summed E-state index contributed by atoms with van der Waals surface area (Å²) in [6, 6.07) is 19.6. The van der Waals surface area contributed by atoms with Gasteiger partial charge in [-0.05, 0) is 83.1 Å². The van der Waals surface area contributed by atoms with Gasteiger partial charge in [-0.1, -0.05) is 41.7 Å². The average Bonchev–Trinajstić information content (AvgIpc) is 3.26. The minimum atomic E-state index is -0.682. The van der Waals surface area contributed by atoms with E-state index >= 15 is 0 Å². The Morgan fingerprint density at radius 1 is 1.02 bits per heavy atom. The van der Waals surface area contributed by atoms with Gasteiger partial charge in [-0.2, -0.15) is 0 Å². The monoisotopic (exact) mass is 667 g/mol. The van der Waals surface area contributed by atoms with E-state index in [1.165, 1.54) is 11.3 Å². The molecule has 1 aliphatic rings. The molecule has 0 bridgehead atoms. The fourth-order valence-electron chi connectivity index (χ4n) is 4.61. The van der Waals surface area contributed by atoms with E-state index < -0.39 is 6.04 Å². The van der Waals surface area contributed by atoms with Gasteiger partial charge < -0.3 is 19.5 Å². The highest BCUT2D eigenvalue weighted by atomic mass is 127. The topological polar surface area (TPSA) is 91.2 Å². The number of benzene rings is 3. The molecule has 0 saturated carbocycles. The average molecular weight is 668 g/mol. The predicted octanol–water partition coefficient (Wildman–Crippen LogP) is 4.50. The number of amides is 1. The van der Waals surface area contributed by atoms with Gasteiger partial charge in [-0.15, -0.1) is 0 Å². The van der Waals surface area contributed by atoms with E-state index in [1.807, 2.05) is 72.8 Å². The Kier molecular flexibility index (Phi) is 8.08. The number of ether oxygens (including phenoxy) is 3. The normalized spacial score (nSPS) is 14.8. The molecule has 10 heteroatoms. The molecule has 0 unspecified atom stereocenters. The van der Waals surface area contributed by atoms with E-state index in [9.17, 15) is 9.59 Å². The quantitative estimate of drug-likeness (QED) is 0.293. The molecule has 0 spiro atoms. The zero-order valence-corrected chi connectivity index (χ0v) is 25.2. The lowest BCUT2D eigenvalue weighted by Gasteiger charge is -2.25. The van der Waals surface area contributed by atoms with Crippen molar-refractivity contribution < 1.29 is 19.0 Å². The van der Waals surface area contributed by atoms with E-state index in [0.717, 1.165) is 14.7 Å². The Morgan fingerprint density at radius 2 is 1.75 bits per heavy atom. The lowest BCUT2D eigenvalue weighted by molar-refractivity contribution is -0.113. The molecule has 204 valence electrons. The first-order chi connectivity index (χ1) is 19.3. The Bertz CT molecular complexity index is 1790. The summed E-state index contributed by atoms with van der Waals surface area (Å²) < 4.78 is 19.2. The van der Waals surface area contributed by atoms with Gasteiger partial charge in [0.05, 0.1) is 46.7 Å². The number of carbonyl (C=O) groups is 1. The van der Waals surface area contributed by atoms with Crippen LogP contribution < -0.4 is 34.4 Å². The molecule has 1 aliphatic heterocycles. The Labute approximate surface area is 248 Å².